The first-order chi connectivity index (χ1) is 9.00. The number of esters is 1. The average molecular weight is 278 g/mol. The second kappa shape index (κ2) is 5.61. The molecule has 0 aliphatic heterocycles. The van der Waals surface area contributed by atoms with Gasteiger partial charge in [0.05, 0.1) is 5.69 Å². The summed E-state index contributed by atoms with van der Waals surface area (Å²) in [5.74, 6) is -0.738. The van der Waals surface area contributed by atoms with Crippen LogP contribution in [0.3, 0.4) is 0 Å². The lowest BCUT2D eigenvalue weighted by atomic mass is 9.95. The Bertz CT molecular complexity index is 511. The number of anilines is 1. The van der Waals surface area contributed by atoms with Crippen molar-refractivity contribution < 1.29 is 14.3 Å². The van der Waals surface area contributed by atoms with Gasteiger partial charge >= 0.3 is 5.97 Å². The van der Waals surface area contributed by atoms with Gasteiger partial charge in [0, 0.05) is 11.6 Å². The number of hydrogen-bond acceptors (Lipinski definition) is 4. The number of nitrogens with one attached hydrogen (secondary N) is 1. The quantitative estimate of drug-likeness (QED) is 0.844. The highest BCUT2D eigenvalue weighted by atomic mass is 16.6. The normalized spacial score (nSPS) is 11.9. The van der Waals surface area contributed by atoms with Crippen molar-refractivity contribution in [3.8, 4) is 0 Å². The SMILES string of the molecule is CC(C)(C)OC(=O)c1ncccc1NC(=O)C(C)(C)C. The molecule has 0 radical (unpaired) electrons. The molecule has 1 N–H and O–H groups in total. The van der Waals surface area contributed by atoms with Crippen LogP contribution in [0.15, 0.2) is 18.3 Å². The van der Waals surface area contributed by atoms with Crippen molar-refractivity contribution in [3.63, 3.8) is 0 Å². The summed E-state index contributed by atoms with van der Waals surface area (Å²) in [6, 6.07) is 3.29. The Morgan fingerprint density at radius 3 is 2.25 bits per heavy atom. The maximum atomic E-state index is 12.1. The van der Waals surface area contributed by atoms with Crippen LogP contribution in [0.25, 0.3) is 0 Å². The summed E-state index contributed by atoms with van der Waals surface area (Å²) in [6.45, 7) is 10.7. The predicted molar refractivity (Wildman–Crippen MR) is 77.5 cm³/mol. The van der Waals surface area contributed by atoms with Gasteiger partial charge in [-0.15, -0.1) is 0 Å². The second-order valence-electron chi connectivity index (χ2n) is 6.61. The van der Waals surface area contributed by atoms with E-state index in [0.29, 0.717) is 5.69 Å². The van der Waals surface area contributed by atoms with Gasteiger partial charge in [0.1, 0.15) is 5.60 Å². The van der Waals surface area contributed by atoms with Gasteiger partial charge < -0.3 is 10.1 Å². The molecule has 0 fully saturated rings. The van der Waals surface area contributed by atoms with E-state index < -0.39 is 17.0 Å². The van der Waals surface area contributed by atoms with Crippen LogP contribution in [-0.2, 0) is 9.53 Å². The fourth-order valence-corrected chi connectivity index (χ4v) is 1.31. The lowest BCUT2D eigenvalue weighted by molar-refractivity contribution is -0.123. The Kier molecular flexibility index (Phi) is 4.53. The number of carbonyl (C=O) groups excluding carboxylic acids is 2. The Morgan fingerprint density at radius 2 is 1.75 bits per heavy atom. The molecule has 0 spiro atoms. The first kappa shape index (κ1) is 16.1. The zero-order valence-corrected chi connectivity index (χ0v) is 12.9. The summed E-state index contributed by atoms with van der Waals surface area (Å²) in [5.41, 5.74) is -0.692. The van der Waals surface area contributed by atoms with Crippen molar-refractivity contribution in [2.75, 3.05) is 5.32 Å². The third-order valence-electron chi connectivity index (χ3n) is 2.33. The number of amides is 1. The van der Waals surface area contributed by atoms with Gasteiger partial charge in [-0.25, -0.2) is 9.78 Å². The van der Waals surface area contributed by atoms with Crippen LogP contribution in [0.4, 0.5) is 5.69 Å². The number of pyridine rings is 1. The lowest BCUT2D eigenvalue weighted by Gasteiger charge is -2.21. The minimum atomic E-state index is -0.611. The molecule has 0 unspecified atom stereocenters. The molecular formula is C15H22N2O3. The minimum absolute atomic E-state index is 0.111. The van der Waals surface area contributed by atoms with Gasteiger partial charge in [-0.1, -0.05) is 20.8 Å². The van der Waals surface area contributed by atoms with Gasteiger partial charge in [0.15, 0.2) is 5.69 Å². The van der Waals surface area contributed by atoms with Crippen molar-refractivity contribution in [3.05, 3.63) is 24.0 Å². The van der Waals surface area contributed by atoms with Crippen LogP contribution in [0.2, 0.25) is 0 Å². The highest BCUT2D eigenvalue weighted by Gasteiger charge is 2.25. The summed E-state index contributed by atoms with van der Waals surface area (Å²) in [6.07, 6.45) is 1.49. The van der Waals surface area contributed by atoms with E-state index in [1.165, 1.54) is 6.20 Å². The number of carbonyl (C=O) groups is 2. The first-order valence-corrected chi connectivity index (χ1v) is 6.50. The fourth-order valence-electron chi connectivity index (χ4n) is 1.31. The summed E-state index contributed by atoms with van der Waals surface area (Å²) >= 11 is 0. The van der Waals surface area contributed by atoms with Crippen molar-refractivity contribution in [1.29, 1.82) is 0 Å². The molecule has 0 saturated carbocycles. The van der Waals surface area contributed by atoms with Crippen LogP contribution in [0.1, 0.15) is 52.0 Å². The first-order valence-electron chi connectivity index (χ1n) is 6.50. The summed E-state index contributed by atoms with van der Waals surface area (Å²) in [4.78, 5) is 28.1. The molecule has 1 amide bonds. The Hall–Kier alpha value is -1.91. The molecule has 1 aromatic rings. The molecule has 5 heteroatoms. The largest absolute Gasteiger partial charge is 0.455 e. The molecule has 0 bridgehead atoms. The summed E-state index contributed by atoms with van der Waals surface area (Å²) in [7, 11) is 0. The lowest BCUT2D eigenvalue weighted by Crippen LogP contribution is -2.30. The maximum Gasteiger partial charge on any atom is 0.359 e. The van der Waals surface area contributed by atoms with Gasteiger partial charge in [-0.2, -0.15) is 0 Å². The maximum absolute atomic E-state index is 12.1. The molecule has 0 aliphatic rings. The number of rotatable bonds is 2. The van der Waals surface area contributed by atoms with E-state index in [2.05, 4.69) is 10.3 Å². The Balaban J connectivity index is 3.00. The number of ether oxygens (including phenoxy) is 1. The topological polar surface area (TPSA) is 68.3 Å². The van der Waals surface area contributed by atoms with Crippen LogP contribution < -0.4 is 5.32 Å². The highest BCUT2D eigenvalue weighted by molar-refractivity contribution is 6.01. The average Bonchev–Trinajstić information content (AvgIpc) is 2.25. The Labute approximate surface area is 119 Å². The van der Waals surface area contributed by atoms with E-state index in [1.54, 1.807) is 53.7 Å². The van der Waals surface area contributed by atoms with E-state index >= 15 is 0 Å². The molecule has 110 valence electrons. The van der Waals surface area contributed by atoms with Crippen LogP contribution in [0, 0.1) is 5.41 Å². The van der Waals surface area contributed by atoms with Gasteiger partial charge in [0.25, 0.3) is 0 Å². The van der Waals surface area contributed by atoms with Crippen molar-refractivity contribution >= 4 is 17.6 Å². The van der Waals surface area contributed by atoms with Gasteiger partial charge in [0.2, 0.25) is 5.91 Å². The molecule has 1 heterocycles. The molecule has 5 nitrogen and oxygen atoms in total. The Morgan fingerprint density at radius 1 is 1.15 bits per heavy atom. The molecule has 0 aromatic carbocycles. The third kappa shape index (κ3) is 4.64. The molecule has 20 heavy (non-hydrogen) atoms. The summed E-state index contributed by atoms with van der Waals surface area (Å²) < 4.78 is 5.28. The molecular weight excluding hydrogens is 256 g/mol. The monoisotopic (exact) mass is 278 g/mol. The van der Waals surface area contributed by atoms with E-state index in [4.69, 9.17) is 4.74 Å². The zero-order valence-electron chi connectivity index (χ0n) is 12.9. The van der Waals surface area contributed by atoms with E-state index in [1.807, 2.05) is 0 Å². The second-order valence-corrected chi connectivity index (χ2v) is 6.61. The van der Waals surface area contributed by atoms with Crippen LogP contribution >= 0.6 is 0 Å². The van der Waals surface area contributed by atoms with Gasteiger partial charge in [-0.05, 0) is 32.9 Å². The van der Waals surface area contributed by atoms with Gasteiger partial charge in [-0.3, -0.25) is 4.79 Å². The van der Waals surface area contributed by atoms with Crippen LogP contribution in [-0.4, -0.2) is 22.5 Å². The van der Waals surface area contributed by atoms with Crippen LogP contribution in [0.5, 0.6) is 0 Å². The molecule has 1 rings (SSSR count). The summed E-state index contributed by atoms with van der Waals surface area (Å²) in [5, 5.41) is 2.71. The number of nitrogens with zero attached hydrogens (tertiary/aromatic N) is 1. The fraction of sp³-hybridized carbons (Fsp3) is 0.533. The minimum Gasteiger partial charge on any atom is -0.455 e. The smallest absolute Gasteiger partial charge is 0.359 e. The molecule has 0 atom stereocenters. The standard InChI is InChI=1S/C15H22N2O3/c1-14(2,3)13(19)17-10-8-7-9-16-11(10)12(18)20-15(4,5)6/h7-9H,1-6H3,(H,17,19). The number of aromatic nitrogens is 1. The van der Waals surface area contributed by atoms with E-state index in [9.17, 15) is 9.59 Å². The van der Waals surface area contributed by atoms with Crippen molar-refractivity contribution in [2.45, 2.75) is 47.1 Å². The zero-order chi connectivity index (χ0) is 15.6. The predicted octanol–water partition coefficient (Wildman–Crippen LogP) is 3.02. The number of hydrogen-bond donors (Lipinski definition) is 1. The van der Waals surface area contributed by atoms with Crippen molar-refractivity contribution in [1.82, 2.24) is 4.98 Å². The third-order valence-corrected chi connectivity index (χ3v) is 2.33. The molecule has 1 aromatic heterocycles. The van der Waals surface area contributed by atoms with Crippen molar-refractivity contribution in [2.24, 2.45) is 5.41 Å². The molecule has 0 aliphatic carbocycles. The molecule has 0 saturated heterocycles. The highest BCUT2D eigenvalue weighted by Crippen LogP contribution is 2.21. The van der Waals surface area contributed by atoms with E-state index in [-0.39, 0.29) is 11.6 Å². The van der Waals surface area contributed by atoms with E-state index in [0.717, 1.165) is 0 Å².